The number of guanidine groups is 1. The number of rotatable bonds is 8. The van der Waals surface area contributed by atoms with Gasteiger partial charge in [0, 0.05) is 39.0 Å². The first-order valence-corrected chi connectivity index (χ1v) is 8.57. The molecule has 1 aliphatic rings. The zero-order valence-electron chi connectivity index (χ0n) is 15.1. The van der Waals surface area contributed by atoms with E-state index in [4.69, 9.17) is 9.73 Å². The SMILES string of the molecule is CCNC(=NCCCN(C)CCOC)N1CCc2ccccc21.I. The van der Waals surface area contributed by atoms with Crippen molar-refractivity contribution in [3.8, 4) is 0 Å². The highest BCUT2D eigenvalue weighted by atomic mass is 127. The Bertz CT molecular complexity index is 510. The summed E-state index contributed by atoms with van der Waals surface area (Å²) in [7, 11) is 3.87. The number of nitrogens with one attached hydrogen (secondary N) is 1. The number of methoxy groups -OCH3 is 1. The molecule has 1 heterocycles. The Morgan fingerprint density at radius 1 is 1.33 bits per heavy atom. The van der Waals surface area contributed by atoms with Gasteiger partial charge in [-0.25, -0.2) is 0 Å². The average molecular weight is 446 g/mol. The molecular weight excluding hydrogens is 415 g/mol. The van der Waals surface area contributed by atoms with Gasteiger partial charge in [-0.15, -0.1) is 24.0 Å². The van der Waals surface area contributed by atoms with E-state index in [0.717, 1.165) is 58.1 Å². The van der Waals surface area contributed by atoms with Crippen LogP contribution in [0.1, 0.15) is 18.9 Å². The lowest BCUT2D eigenvalue weighted by molar-refractivity contribution is 0.161. The van der Waals surface area contributed by atoms with E-state index in [1.807, 2.05) is 0 Å². The first-order valence-electron chi connectivity index (χ1n) is 8.57. The molecule has 1 aliphatic heterocycles. The second-order valence-electron chi connectivity index (χ2n) is 5.92. The van der Waals surface area contributed by atoms with E-state index in [2.05, 4.69) is 53.4 Å². The molecule has 0 saturated heterocycles. The summed E-state index contributed by atoms with van der Waals surface area (Å²) in [5.74, 6) is 1.01. The van der Waals surface area contributed by atoms with Gasteiger partial charge in [0.1, 0.15) is 0 Å². The Kier molecular flexibility index (Phi) is 10.3. The Labute approximate surface area is 163 Å². The summed E-state index contributed by atoms with van der Waals surface area (Å²) >= 11 is 0. The summed E-state index contributed by atoms with van der Waals surface area (Å²) in [5, 5.41) is 3.43. The molecule has 0 bridgehead atoms. The minimum absolute atomic E-state index is 0. The van der Waals surface area contributed by atoms with Crippen LogP contribution in [-0.2, 0) is 11.2 Å². The van der Waals surface area contributed by atoms with Gasteiger partial charge < -0.3 is 19.9 Å². The number of fused-ring (bicyclic) bond motifs is 1. The van der Waals surface area contributed by atoms with E-state index >= 15 is 0 Å². The van der Waals surface area contributed by atoms with Crippen LogP contribution in [0.25, 0.3) is 0 Å². The highest BCUT2D eigenvalue weighted by molar-refractivity contribution is 14.0. The van der Waals surface area contributed by atoms with Crippen LogP contribution in [0.2, 0.25) is 0 Å². The minimum atomic E-state index is 0. The lowest BCUT2D eigenvalue weighted by Crippen LogP contribution is -2.40. The van der Waals surface area contributed by atoms with Gasteiger partial charge in [-0.05, 0) is 45.0 Å². The molecule has 0 saturated carbocycles. The van der Waals surface area contributed by atoms with Gasteiger partial charge in [-0.3, -0.25) is 4.99 Å². The van der Waals surface area contributed by atoms with Crippen LogP contribution in [0, 0.1) is 0 Å². The Balaban J connectivity index is 0.00000288. The van der Waals surface area contributed by atoms with Gasteiger partial charge in [0.2, 0.25) is 0 Å². The van der Waals surface area contributed by atoms with Gasteiger partial charge in [-0.2, -0.15) is 0 Å². The first-order chi connectivity index (χ1) is 11.3. The maximum Gasteiger partial charge on any atom is 0.198 e. The molecule has 0 radical (unpaired) electrons. The maximum absolute atomic E-state index is 5.10. The molecular formula is C18H31IN4O. The number of ether oxygens (including phenoxy) is 1. The van der Waals surface area contributed by atoms with Crippen molar-refractivity contribution in [3.63, 3.8) is 0 Å². The zero-order valence-corrected chi connectivity index (χ0v) is 17.5. The van der Waals surface area contributed by atoms with Crippen molar-refractivity contribution in [1.29, 1.82) is 0 Å². The number of hydrogen-bond acceptors (Lipinski definition) is 3. The molecule has 2 rings (SSSR count). The van der Waals surface area contributed by atoms with Crippen molar-refractivity contribution in [1.82, 2.24) is 10.2 Å². The molecule has 6 heteroatoms. The molecule has 136 valence electrons. The predicted molar refractivity (Wildman–Crippen MR) is 113 cm³/mol. The highest BCUT2D eigenvalue weighted by Gasteiger charge is 2.22. The molecule has 24 heavy (non-hydrogen) atoms. The summed E-state index contributed by atoms with van der Waals surface area (Å²) in [6.45, 7) is 7.67. The smallest absolute Gasteiger partial charge is 0.198 e. The van der Waals surface area contributed by atoms with E-state index in [-0.39, 0.29) is 24.0 Å². The van der Waals surface area contributed by atoms with Gasteiger partial charge in [0.25, 0.3) is 0 Å². The molecule has 5 nitrogen and oxygen atoms in total. The first kappa shape index (κ1) is 21.2. The van der Waals surface area contributed by atoms with E-state index in [0.29, 0.717) is 0 Å². The summed E-state index contributed by atoms with van der Waals surface area (Å²) in [5.41, 5.74) is 2.71. The Hall–Kier alpha value is -0.860. The van der Waals surface area contributed by atoms with Crippen LogP contribution in [0.4, 0.5) is 5.69 Å². The van der Waals surface area contributed by atoms with Crippen LogP contribution in [-0.4, -0.2) is 64.3 Å². The van der Waals surface area contributed by atoms with E-state index in [1.54, 1.807) is 7.11 Å². The normalized spacial score (nSPS) is 13.8. The number of nitrogens with zero attached hydrogens (tertiary/aromatic N) is 3. The van der Waals surface area contributed by atoms with Gasteiger partial charge in [-0.1, -0.05) is 18.2 Å². The molecule has 0 spiro atoms. The second kappa shape index (κ2) is 11.7. The number of para-hydroxylation sites is 1. The molecule has 1 aromatic rings. The fourth-order valence-electron chi connectivity index (χ4n) is 2.84. The van der Waals surface area contributed by atoms with Crippen molar-refractivity contribution >= 4 is 35.6 Å². The molecule has 0 unspecified atom stereocenters. The molecule has 1 N–H and O–H groups in total. The molecule has 1 aromatic carbocycles. The van der Waals surface area contributed by atoms with Gasteiger partial charge in [0.05, 0.1) is 6.61 Å². The third-order valence-corrected chi connectivity index (χ3v) is 4.11. The van der Waals surface area contributed by atoms with Crippen LogP contribution in [0.3, 0.4) is 0 Å². The van der Waals surface area contributed by atoms with Crippen molar-refractivity contribution in [2.45, 2.75) is 19.8 Å². The number of likely N-dealkylation sites (N-methyl/N-ethyl adjacent to an activating group) is 1. The number of hydrogen-bond donors (Lipinski definition) is 1. The molecule has 0 amide bonds. The third-order valence-electron chi connectivity index (χ3n) is 4.11. The topological polar surface area (TPSA) is 40.1 Å². The maximum atomic E-state index is 5.10. The number of benzene rings is 1. The van der Waals surface area contributed by atoms with Crippen molar-refractivity contribution in [2.75, 3.05) is 58.4 Å². The Morgan fingerprint density at radius 2 is 2.12 bits per heavy atom. The fourth-order valence-corrected chi connectivity index (χ4v) is 2.84. The van der Waals surface area contributed by atoms with Crippen molar-refractivity contribution in [3.05, 3.63) is 29.8 Å². The second-order valence-corrected chi connectivity index (χ2v) is 5.92. The zero-order chi connectivity index (χ0) is 16.5. The van der Waals surface area contributed by atoms with Crippen molar-refractivity contribution in [2.24, 2.45) is 4.99 Å². The lowest BCUT2D eigenvalue weighted by atomic mass is 10.2. The standard InChI is InChI=1S/C18H30N4O.HI/c1-4-19-18(20-11-7-12-21(2)14-15-23-3)22-13-10-16-8-5-6-9-17(16)22;/h5-6,8-9H,4,7,10-15H2,1-3H3,(H,19,20);1H. The molecule has 0 aliphatic carbocycles. The predicted octanol–water partition coefficient (Wildman–Crippen LogP) is 2.60. The van der Waals surface area contributed by atoms with E-state index < -0.39 is 0 Å². The van der Waals surface area contributed by atoms with Crippen LogP contribution in [0.15, 0.2) is 29.3 Å². The summed E-state index contributed by atoms with van der Waals surface area (Å²) in [4.78, 5) is 9.42. The third kappa shape index (κ3) is 6.22. The summed E-state index contributed by atoms with van der Waals surface area (Å²) in [6.07, 6.45) is 2.16. The molecule has 0 fully saturated rings. The summed E-state index contributed by atoms with van der Waals surface area (Å²) < 4.78 is 5.10. The molecule has 0 atom stereocenters. The van der Waals surface area contributed by atoms with Crippen LogP contribution in [0.5, 0.6) is 0 Å². The fraction of sp³-hybridized carbons (Fsp3) is 0.611. The number of halogens is 1. The van der Waals surface area contributed by atoms with Crippen molar-refractivity contribution < 1.29 is 4.74 Å². The Morgan fingerprint density at radius 3 is 2.88 bits per heavy atom. The van der Waals surface area contributed by atoms with Gasteiger partial charge >= 0.3 is 0 Å². The summed E-state index contributed by atoms with van der Waals surface area (Å²) in [6, 6.07) is 8.62. The van der Waals surface area contributed by atoms with Gasteiger partial charge in [0.15, 0.2) is 5.96 Å². The quantitative estimate of drug-likeness (QED) is 0.289. The van der Waals surface area contributed by atoms with E-state index in [1.165, 1.54) is 11.3 Å². The minimum Gasteiger partial charge on any atom is -0.383 e. The van der Waals surface area contributed by atoms with Crippen LogP contribution >= 0.6 is 24.0 Å². The van der Waals surface area contributed by atoms with Crippen LogP contribution < -0.4 is 10.2 Å². The van der Waals surface area contributed by atoms with E-state index in [9.17, 15) is 0 Å². The monoisotopic (exact) mass is 446 g/mol. The lowest BCUT2D eigenvalue weighted by Gasteiger charge is -2.22. The number of anilines is 1. The highest BCUT2D eigenvalue weighted by Crippen LogP contribution is 2.27. The number of aliphatic imine (C=N–C) groups is 1. The average Bonchev–Trinajstić information content (AvgIpc) is 2.99. The molecule has 0 aromatic heterocycles. The largest absolute Gasteiger partial charge is 0.383 e.